The Morgan fingerprint density at radius 2 is 2.15 bits per heavy atom. The van der Waals surface area contributed by atoms with Gasteiger partial charge >= 0.3 is 6.03 Å². The summed E-state index contributed by atoms with van der Waals surface area (Å²) in [7, 11) is 3.36. The molecule has 0 bridgehead atoms. The van der Waals surface area contributed by atoms with E-state index in [-0.39, 0.29) is 6.03 Å². The zero-order chi connectivity index (χ0) is 14.5. The molecule has 0 saturated carbocycles. The van der Waals surface area contributed by atoms with E-state index in [1.165, 1.54) is 4.90 Å². The lowest BCUT2D eigenvalue weighted by Gasteiger charge is -2.10. The van der Waals surface area contributed by atoms with E-state index in [9.17, 15) is 4.79 Å². The van der Waals surface area contributed by atoms with Gasteiger partial charge in [-0.2, -0.15) is 4.98 Å². The van der Waals surface area contributed by atoms with Gasteiger partial charge in [0.2, 0.25) is 11.7 Å². The molecular weight excluding hydrogens is 280 g/mol. The maximum atomic E-state index is 11.3. The van der Waals surface area contributed by atoms with Crippen LogP contribution in [0.3, 0.4) is 0 Å². The Kier molecular flexibility index (Phi) is 4.57. The van der Waals surface area contributed by atoms with Crippen LogP contribution in [0, 0.1) is 0 Å². The van der Waals surface area contributed by atoms with Gasteiger partial charge in [-0.1, -0.05) is 28.9 Å². The lowest BCUT2D eigenvalue weighted by molar-refractivity contribution is 0.217. The summed E-state index contributed by atoms with van der Waals surface area (Å²) in [6, 6.07) is 7.13. The summed E-state index contributed by atoms with van der Waals surface area (Å²) in [4.78, 5) is 17.1. The van der Waals surface area contributed by atoms with Crippen molar-refractivity contribution in [3.8, 4) is 11.4 Å². The van der Waals surface area contributed by atoms with E-state index in [1.807, 2.05) is 18.2 Å². The second kappa shape index (κ2) is 6.38. The molecule has 1 N–H and O–H groups in total. The first kappa shape index (κ1) is 14.3. The lowest BCUT2D eigenvalue weighted by atomic mass is 10.2. The first-order valence-corrected chi connectivity index (χ1v) is 6.48. The molecule has 0 fully saturated rings. The van der Waals surface area contributed by atoms with Gasteiger partial charge in [-0.25, -0.2) is 4.79 Å². The van der Waals surface area contributed by atoms with Crippen LogP contribution in [0.4, 0.5) is 4.79 Å². The van der Waals surface area contributed by atoms with Crippen molar-refractivity contribution in [3.05, 3.63) is 35.2 Å². The number of nitrogens with one attached hydrogen (secondary N) is 1. The average Bonchev–Trinajstić information content (AvgIpc) is 2.87. The number of carbonyl (C=O) groups is 1. The van der Waals surface area contributed by atoms with Crippen molar-refractivity contribution in [1.29, 1.82) is 0 Å². The lowest BCUT2D eigenvalue weighted by Crippen LogP contribution is -2.35. The van der Waals surface area contributed by atoms with Crippen molar-refractivity contribution in [3.63, 3.8) is 0 Å². The van der Waals surface area contributed by atoms with E-state index in [0.29, 0.717) is 29.7 Å². The van der Waals surface area contributed by atoms with Gasteiger partial charge in [0.05, 0.1) is 5.02 Å². The van der Waals surface area contributed by atoms with E-state index >= 15 is 0 Å². The first-order valence-electron chi connectivity index (χ1n) is 6.10. The molecule has 7 heteroatoms. The number of hydrogen-bond acceptors (Lipinski definition) is 4. The smallest absolute Gasteiger partial charge is 0.316 e. The molecule has 1 heterocycles. The third-order valence-corrected chi connectivity index (χ3v) is 2.93. The molecule has 20 heavy (non-hydrogen) atoms. The number of amides is 2. The van der Waals surface area contributed by atoms with Crippen molar-refractivity contribution in [2.24, 2.45) is 0 Å². The zero-order valence-corrected chi connectivity index (χ0v) is 12.0. The molecule has 0 unspecified atom stereocenters. The van der Waals surface area contributed by atoms with Gasteiger partial charge in [0.25, 0.3) is 0 Å². The van der Waals surface area contributed by atoms with E-state index in [0.717, 1.165) is 5.56 Å². The Labute approximate surface area is 121 Å². The van der Waals surface area contributed by atoms with Crippen LogP contribution in [0.15, 0.2) is 28.8 Å². The second-order valence-corrected chi connectivity index (χ2v) is 4.78. The maximum Gasteiger partial charge on any atom is 0.316 e. The number of aromatic nitrogens is 2. The highest BCUT2D eigenvalue weighted by Gasteiger charge is 2.11. The SMILES string of the molecule is CN(C)C(=O)NCCc1nc(-c2ccccc2Cl)no1. The molecule has 1 aromatic heterocycles. The third-order valence-electron chi connectivity index (χ3n) is 2.60. The standard InChI is InChI=1S/C13H15ClN4O2/c1-18(2)13(19)15-8-7-11-16-12(17-20-11)9-5-3-4-6-10(9)14/h3-6H,7-8H2,1-2H3,(H,15,19). The number of rotatable bonds is 4. The molecule has 2 amide bonds. The Morgan fingerprint density at radius 3 is 2.85 bits per heavy atom. The molecule has 0 aliphatic rings. The van der Waals surface area contributed by atoms with Crippen molar-refractivity contribution in [2.75, 3.05) is 20.6 Å². The van der Waals surface area contributed by atoms with Crippen molar-refractivity contribution in [2.45, 2.75) is 6.42 Å². The number of carbonyl (C=O) groups excluding carboxylic acids is 1. The van der Waals surface area contributed by atoms with Gasteiger partial charge < -0.3 is 14.7 Å². The predicted octanol–water partition coefficient (Wildman–Crippen LogP) is 2.20. The summed E-state index contributed by atoms with van der Waals surface area (Å²) in [5.41, 5.74) is 0.724. The van der Waals surface area contributed by atoms with Crippen LogP contribution in [0.2, 0.25) is 5.02 Å². The summed E-state index contributed by atoms with van der Waals surface area (Å²) < 4.78 is 5.13. The summed E-state index contributed by atoms with van der Waals surface area (Å²) in [6.45, 7) is 0.432. The predicted molar refractivity (Wildman–Crippen MR) is 75.5 cm³/mol. The minimum Gasteiger partial charge on any atom is -0.339 e. The highest BCUT2D eigenvalue weighted by molar-refractivity contribution is 6.33. The van der Waals surface area contributed by atoms with Crippen molar-refractivity contribution >= 4 is 17.6 Å². The third kappa shape index (κ3) is 3.48. The van der Waals surface area contributed by atoms with E-state index in [4.69, 9.17) is 16.1 Å². The summed E-state index contributed by atoms with van der Waals surface area (Å²) in [5, 5.41) is 7.18. The quantitative estimate of drug-likeness (QED) is 0.938. The number of nitrogens with zero attached hydrogens (tertiary/aromatic N) is 3. The molecule has 1 aromatic carbocycles. The number of benzene rings is 1. The molecule has 2 aromatic rings. The Hall–Kier alpha value is -2.08. The second-order valence-electron chi connectivity index (χ2n) is 4.37. The van der Waals surface area contributed by atoms with Crippen LogP contribution in [0.1, 0.15) is 5.89 Å². The van der Waals surface area contributed by atoms with Crippen LogP contribution in [0.5, 0.6) is 0 Å². The molecule has 0 atom stereocenters. The highest BCUT2D eigenvalue weighted by Crippen LogP contribution is 2.24. The van der Waals surface area contributed by atoms with Crippen molar-refractivity contribution < 1.29 is 9.32 Å². The van der Waals surface area contributed by atoms with Crippen LogP contribution in [0.25, 0.3) is 11.4 Å². The molecule has 0 spiro atoms. The summed E-state index contributed by atoms with van der Waals surface area (Å²) in [6.07, 6.45) is 0.469. The largest absolute Gasteiger partial charge is 0.339 e. The first-order chi connectivity index (χ1) is 9.58. The summed E-state index contributed by atoms with van der Waals surface area (Å²) in [5.74, 6) is 0.906. The number of hydrogen-bond donors (Lipinski definition) is 1. The maximum absolute atomic E-state index is 11.3. The molecule has 0 aliphatic carbocycles. The Balaban J connectivity index is 1.96. The van der Waals surface area contributed by atoms with Gasteiger partial charge in [-0.05, 0) is 12.1 Å². The van der Waals surface area contributed by atoms with Gasteiger partial charge in [0.1, 0.15) is 0 Å². The zero-order valence-electron chi connectivity index (χ0n) is 11.3. The van der Waals surface area contributed by atoms with Crippen LogP contribution < -0.4 is 5.32 Å². The van der Waals surface area contributed by atoms with Crippen LogP contribution in [-0.2, 0) is 6.42 Å². The fourth-order valence-corrected chi connectivity index (χ4v) is 1.76. The molecule has 0 aliphatic heterocycles. The Morgan fingerprint density at radius 1 is 1.40 bits per heavy atom. The normalized spacial score (nSPS) is 10.3. The molecule has 6 nitrogen and oxygen atoms in total. The van der Waals surface area contributed by atoms with Gasteiger partial charge in [-0.3, -0.25) is 0 Å². The molecule has 0 radical (unpaired) electrons. The Bertz CT molecular complexity index is 598. The minimum absolute atomic E-state index is 0.157. The molecule has 2 rings (SSSR count). The average molecular weight is 295 g/mol. The van der Waals surface area contributed by atoms with Crippen LogP contribution in [-0.4, -0.2) is 41.7 Å². The molecular formula is C13H15ClN4O2. The fraction of sp³-hybridized carbons (Fsp3) is 0.308. The van der Waals surface area contributed by atoms with Gasteiger partial charge in [0.15, 0.2) is 0 Å². The molecule has 0 saturated heterocycles. The highest BCUT2D eigenvalue weighted by atomic mass is 35.5. The van der Waals surface area contributed by atoms with E-state index < -0.39 is 0 Å². The minimum atomic E-state index is -0.157. The monoisotopic (exact) mass is 294 g/mol. The van der Waals surface area contributed by atoms with E-state index in [1.54, 1.807) is 20.2 Å². The number of urea groups is 1. The topological polar surface area (TPSA) is 71.3 Å². The van der Waals surface area contributed by atoms with Gasteiger partial charge in [-0.15, -0.1) is 0 Å². The van der Waals surface area contributed by atoms with Gasteiger partial charge in [0, 0.05) is 32.6 Å². The van der Waals surface area contributed by atoms with E-state index in [2.05, 4.69) is 15.5 Å². The molecule has 106 valence electrons. The van der Waals surface area contributed by atoms with Crippen molar-refractivity contribution in [1.82, 2.24) is 20.4 Å². The van der Waals surface area contributed by atoms with Crippen LogP contribution >= 0.6 is 11.6 Å². The fourth-order valence-electron chi connectivity index (χ4n) is 1.54. The number of halogens is 1. The summed E-state index contributed by atoms with van der Waals surface area (Å²) >= 11 is 6.06.